The summed E-state index contributed by atoms with van der Waals surface area (Å²) in [5, 5.41) is 5.42. The van der Waals surface area contributed by atoms with Crippen LogP contribution in [0.15, 0.2) is 24.3 Å². The average molecular weight is 307 g/mol. The summed E-state index contributed by atoms with van der Waals surface area (Å²) >= 11 is 0. The normalized spacial score (nSPS) is 12.4. The molecule has 22 heavy (non-hydrogen) atoms. The van der Waals surface area contributed by atoms with Gasteiger partial charge < -0.3 is 21.1 Å². The van der Waals surface area contributed by atoms with Gasteiger partial charge in [-0.1, -0.05) is 12.1 Å². The minimum Gasteiger partial charge on any atom is -0.444 e. The maximum atomic E-state index is 11.5. The molecule has 0 fully saturated rings. The van der Waals surface area contributed by atoms with Gasteiger partial charge in [0.15, 0.2) is 0 Å². The van der Waals surface area contributed by atoms with Crippen LogP contribution < -0.4 is 16.4 Å². The van der Waals surface area contributed by atoms with Crippen LogP contribution >= 0.6 is 0 Å². The molecule has 0 aromatic heterocycles. The fraction of sp³-hybridized carbons (Fsp3) is 0.500. The number of amides is 2. The molecule has 2 amide bonds. The summed E-state index contributed by atoms with van der Waals surface area (Å²) in [7, 11) is 0. The van der Waals surface area contributed by atoms with Crippen LogP contribution in [0.3, 0.4) is 0 Å². The minimum atomic E-state index is -0.544. The Kier molecular flexibility index (Phi) is 6.37. The van der Waals surface area contributed by atoms with Gasteiger partial charge in [-0.3, -0.25) is 4.79 Å². The van der Waals surface area contributed by atoms with Crippen LogP contribution in [0.1, 0.15) is 33.3 Å². The van der Waals surface area contributed by atoms with E-state index in [4.69, 9.17) is 10.5 Å². The number of anilines is 1. The number of rotatable bonds is 5. The monoisotopic (exact) mass is 307 g/mol. The van der Waals surface area contributed by atoms with Gasteiger partial charge in [-0.15, -0.1) is 0 Å². The van der Waals surface area contributed by atoms with E-state index in [1.54, 1.807) is 6.92 Å². The average Bonchev–Trinajstić information content (AvgIpc) is 2.38. The summed E-state index contributed by atoms with van der Waals surface area (Å²) in [6.45, 7) is 7.58. The highest BCUT2D eigenvalue weighted by Crippen LogP contribution is 2.10. The van der Waals surface area contributed by atoms with Crippen molar-refractivity contribution in [3.05, 3.63) is 29.8 Å². The first kappa shape index (κ1) is 18.0. The second kappa shape index (κ2) is 7.79. The van der Waals surface area contributed by atoms with Crippen LogP contribution in [-0.2, 0) is 16.0 Å². The van der Waals surface area contributed by atoms with E-state index in [-0.39, 0.29) is 5.91 Å². The second-order valence-electron chi connectivity index (χ2n) is 6.15. The van der Waals surface area contributed by atoms with Gasteiger partial charge in [0.1, 0.15) is 5.60 Å². The van der Waals surface area contributed by atoms with Gasteiger partial charge in [0.2, 0.25) is 5.91 Å². The Hall–Kier alpha value is -2.08. The Balaban J connectivity index is 2.39. The molecule has 0 bridgehead atoms. The molecule has 0 aliphatic heterocycles. The molecule has 6 nitrogen and oxygen atoms in total. The van der Waals surface area contributed by atoms with Crippen molar-refractivity contribution >= 4 is 17.7 Å². The van der Waals surface area contributed by atoms with Crippen LogP contribution in [0.5, 0.6) is 0 Å². The molecule has 1 unspecified atom stereocenters. The molecule has 0 saturated heterocycles. The van der Waals surface area contributed by atoms with Gasteiger partial charge >= 0.3 is 6.09 Å². The molecule has 0 aliphatic carbocycles. The van der Waals surface area contributed by atoms with E-state index in [2.05, 4.69) is 10.6 Å². The standard InChI is InChI=1S/C16H25N3O3/c1-11(17)14(20)19-13-7-5-12(6-8-13)9-10-18-15(21)22-16(2,3)4/h5-8,11H,9-10,17H2,1-4H3,(H,18,21)(H,19,20). The molecule has 1 atom stereocenters. The zero-order valence-corrected chi connectivity index (χ0v) is 13.6. The van der Waals surface area contributed by atoms with Crippen LogP contribution in [0.2, 0.25) is 0 Å². The lowest BCUT2D eigenvalue weighted by molar-refractivity contribution is -0.117. The van der Waals surface area contributed by atoms with Gasteiger partial charge in [0.05, 0.1) is 6.04 Å². The SMILES string of the molecule is CC(N)C(=O)Nc1ccc(CCNC(=O)OC(C)(C)C)cc1. The number of nitrogens with two attached hydrogens (primary N) is 1. The first-order valence-corrected chi connectivity index (χ1v) is 7.29. The highest BCUT2D eigenvalue weighted by Gasteiger charge is 2.15. The number of hydrogen-bond donors (Lipinski definition) is 3. The zero-order chi connectivity index (χ0) is 16.8. The van der Waals surface area contributed by atoms with Gasteiger partial charge in [-0.2, -0.15) is 0 Å². The third kappa shape index (κ3) is 7.08. The lowest BCUT2D eigenvalue weighted by Gasteiger charge is -2.19. The minimum absolute atomic E-state index is 0.223. The summed E-state index contributed by atoms with van der Waals surface area (Å²) in [4.78, 5) is 23.0. The van der Waals surface area contributed by atoms with E-state index < -0.39 is 17.7 Å². The largest absolute Gasteiger partial charge is 0.444 e. The Morgan fingerprint density at radius 1 is 1.23 bits per heavy atom. The molecule has 4 N–H and O–H groups in total. The van der Waals surface area contributed by atoms with Gasteiger partial charge in [0, 0.05) is 12.2 Å². The third-order valence-corrected chi connectivity index (χ3v) is 2.72. The lowest BCUT2D eigenvalue weighted by Crippen LogP contribution is -2.33. The summed E-state index contributed by atoms with van der Waals surface area (Å²) < 4.78 is 5.15. The Morgan fingerprint density at radius 3 is 2.32 bits per heavy atom. The van der Waals surface area contributed by atoms with Crippen molar-refractivity contribution in [2.75, 3.05) is 11.9 Å². The van der Waals surface area contributed by atoms with Crippen LogP contribution in [-0.4, -0.2) is 30.2 Å². The van der Waals surface area contributed by atoms with Crippen molar-refractivity contribution in [3.8, 4) is 0 Å². The number of carbonyl (C=O) groups is 2. The van der Waals surface area contributed by atoms with E-state index in [9.17, 15) is 9.59 Å². The van der Waals surface area contributed by atoms with E-state index in [1.165, 1.54) is 0 Å². The quantitative estimate of drug-likeness (QED) is 0.776. The number of alkyl carbamates (subject to hydrolysis) is 1. The number of nitrogens with one attached hydrogen (secondary N) is 2. The molecule has 122 valence electrons. The number of hydrogen-bond acceptors (Lipinski definition) is 4. The van der Waals surface area contributed by atoms with E-state index >= 15 is 0 Å². The zero-order valence-electron chi connectivity index (χ0n) is 13.6. The molecule has 1 aromatic rings. The highest BCUT2D eigenvalue weighted by atomic mass is 16.6. The molecule has 0 radical (unpaired) electrons. The van der Waals surface area contributed by atoms with Crippen molar-refractivity contribution in [1.82, 2.24) is 5.32 Å². The molecular formula is C16H25N3O3. The Labute approximate surface area is 131 Å². The van der Waals surface area contributed by atoms with Crippen molar-refractivity contribution in [3.63, 3.8) is 0 Å². The Bertz CT molecular complexity index is 504. The summed E-state index contributed by atoms with van der Waals surface area (Å²) in [6, 6.07) is 6.87. The van der Waals surface area contributed by atoms with Gasteiger partial charge in [0.25, 0.3) is 0 Å². The lowest BCUT2D eigenvalue weighted by atomic mass is 10.1. The summed E-state index contributed by atoms with van der Waals surface area (Å²) in [5.41, 5.74) is 6.74. The number of ether oxygens (including phenoxy) is 1. The first-order valence-electron chi connectivity index (χ1n) is 7.29. The molecule has 1 rings (SSSR count). The van der Waals surface area contributed by atoms with Gasteiger partial charge in [-0.05, 0) is 51.8 Å². The van der Waals surface area contributed by atoms with Crippen molar-refractivity contribution in [2.24, 2.45) is 5.73 Å². The maximum absolute atomic E-state index is 11.5. The van der Waals surface area contributed by atoms with E-state index in [0.717, 1.165) is 5.56 Å². The summed E-state index contributed by atoms with van der Waals surface area (Å²) in [5.74, 6) is -0.223. The highest BCUT2D eigenvalue weighted by molar-refractivity contribution is 5.94. The smallest absolute Gasteiger partial charge is 0.407 e. The van der Waals surface area contributed by atoms with Crippen molar-refractivity contribution in [1.29, 1.82) is 0 Å². The summed E-state index contributed by atoms with van der Waals surface area (Å²) in [6.07, 6.45) is 0.258. The second-order valence-corrected chi connectivity index (χ2v) is 6.15. The number of carbonyl (C=O) groups excluding carboxylic acids is 2. The molecule has 6 heteroatoms. The molecule has 0 spiro atoms. The Morgan fingerprint density at radius 2 is 1.82 bits per heavy atom. The maximum Gasteiger partial charge on any atom is 0.407 e. The fourth-order valence-electron chi connectivity index (χ4n) is 1.63. The van der Waals surface area contributed by atoms with Crippen molar-refractivity contribution in [2.45, 2.75) is 45.8 Å². The van der Waals surface area contributed by atoms with Crippen LogP contribution in [0.4, 0.5) is 10.5 Å². The predicted octanol–water partition coefficient (Wildman–Crippen LogP) is 2.04. The third-order valence-electron chi connectivity index (χ3n) is 2.72. The topological polar surface area (TPSA) is 93.5 Å². The first-order chi connectivity index (χ1) is 10.2. The van der Waals surface area contributed by atoms with E-state index in [0.29, 0.717) is 18.7 Å². The molecule has 0 heterocycles. The molecule has 0 saturated carbocycles. The molecular weight excluding hydrogens is 282 g/mol. The number of benzene rings is 1. The van der Waals surface area contributed by atoms with Crippen molar-refractivity contribution < 1.29 is 14.3 Å². The van der Waals surface area contributed by atoms with Gasteiger partial charge in [-0.25, -0.2) is 4.79 Å². The molecule has 1 aromatic carbocycles. The predicted molar refractivity (Wildman–Crippen MR) is 86.7 cm³/mol. The van der Waals surface area contributed by atoms with E-state index in [1.807, 2.05) is 45.0 Å². The van der Waals surface area contributed by atoms with Crippen LogP contribution in [0, 0.1) is 0 Å². The fourth-order valence-corrected chi connectivity index (χ4v) is 1.63. The molecule has 0 aliphatic rings. The van der Waals surface area contributed by atoms with Crippen LogP contribution in [0.25, 0.3) is 0 Å².